The molecule has 3 fully saturated rings. The van der Waals surface area contributed by atoms with Gasteiger partial charge in [0.25, 0.3) is 5.91 Å². The zero-order valence-corrected chi connectivity index (χ0v) is 21.8. The Morgan fingerprint density at radius 3 is 2.50 bits per heavy atom. The van der Waals surface area contributed by atoms with E-state index in [0.717, 1.165) is 43.6 Å². The van der Waals surface area contributed by atoms with Crippen LogP contribution in [0.5, 0.6) is 5.75 Å². The van der Waals surface area contributed by atoms with Crippen molar-refractivity contribution in [1.29, 1.82) is 0 Å². The number of alkyl halides is 3. The van der Waals surface area contributed by atoms with Crippen LogP contribution in [0.4, 0.5) is 13.2 Å². The maximum Gasteiger partial charge on any atom is 0.419 e. The summed E-state index contributed by atoms with van der Waals surface area (Å²) in [5.41, 5.74) is 0.510. The average molecular weight is 558 g/mol. The molecule has 3 atom stereocenters. The lowest BCUT2D eigenvalue weighted by Crippen LogP contribution is -2.55. The van der Waals surface area contributed by atoms with Crippen LogP contribution in [0.3, 0.4) is 0 Å². The van der Waals surface area contributed by atoms with E-state index in [1.165, 1.54) is 4.90 Å². The number of rotatable bonds is 6. The molecular weight excluding hydrogens is 527 g/mol. The third kappa shape index (κ3) is 5.16. The van der Waals surface area contributed by atoms with E-state index in [2.05, 4.69) is 20.2 Å². The summed E-state index contributed by atoms with van der Waals surface area (Å²) in [6, 6.07) is 5.04. The Morgan fingerprint density at radius 1 is 1.02 bits per heavy atom. The molecule has 2 aromatic rings. The van der Waals surface area contributed by atoms with Crippen molar-refractivity contribution in [2.45, 2.75) is 69.2 Å². The first-order valence-electron chi connectivity index (χ1n) is 13.7. The summed E-state index contributed by atoms with van der Waals surface area (Å²) in [7, 11) is 0. The number of halogens is 3. The number of piperidine rings is 1. The third-order valence-corrected chi connectivity index (χ3v) is 8.57. The number of fused-ring (bicyclic) bond motifs is 1. The fourth-order valence-electron chi connectivity index (χ4n) is 6.35. The Balaban J connectivity index is 1.05. The van der Waals surface area contributed by atoms with Crippen LogP contribution in [-0.2, 0) is 22.3 Å². The van der Waals surface area contributed by atoms with Gasteiger partial charge < -0.3 is 9.64 Å². The van der Waals surface area contributed by atoms with Gasteiger partial charge in [-0.15, -0.1) is 0 Å². The molecule has 0 radical (unpaired) electrons. The fraction of sp³-hybridized carbons (Fsp3) is 0.536. The average Bonchev–Trinajstić information content (AvgIpc) is 3.22. The van der Waals surface area contributed by atoms with Gasteiger partial charge in [0.2, 0.25) is 11.8 Å². The lowest BCUT2D eigenvalue weighted by Gasteiger charge is -2.48. The Labute approximate surface area is 229 Å². The molecule has 1 aromatic carbocycles. The van der Waals surface area contributed by atoms with Crippen LogP contribution in [0, 0.1) is 5.92 Å². The summed E-state index contributed by atoms with van der Waals surface area (Å²) in [5.74, 6) is 0.477. The van der Waals surface area contributed by atoms with E-state index in [1.807, 2.05) is 6.07 Å². The summed E-state index contributed by atoms with van der Waals surface area (Å²) in [4.78, 5) is 48.6. The van der Waals surface area contributed by atoms with Crippen LogP contribution in [0.25, 0.3) is 0 Å². The minimum atomic E-state index is -4.44. The van der Waals surface area contributed by atoms with Gasteiger partial charge in [-0.2, -0.15) is 13.2 Å². The van der Waals surface area contributed by atoms with Gasteiger partial charge in [0.15, 0.2) is 0 Å². The summed E-state index contributed by atoms with van der Waals surface area (Å²) < 4.78 is 44.7. The molecule has 0 bridgehead atoms. The number of benzene rings is 1. The minimum Gasteiger partial charge on any atom is -0.493 e. The molecule has 40 heavy (non-hydrogen) atoms. The normalized spacial score (nSPS) is 25.9. The van der Waals surface area contributed by atoms with Gasteiger partial charge in [-0.25, -0.2) is 9.97 Å². The molecule has 4 aliphatic rings. The fourth-order valence-corrected chi connectivity index (χ4v) is 6.35. The summed E-state index contributed by atoms with van der Waals surface area (Å²) >= 11 is 0. The smallest absolute Gasteiger partial charge is 0.419 e. The zero-order chi connectivity index (χ0) is 28.0. The van der Waals surface area contributed by atoms with Gasteiger partial charge in [-0.1, -0.05) is 12.8 Å². The molecular formula is C28H30F3N5O4. The number of imide groups is 1. The molecule has 0 spiro atoms. The molecule has 12 heteroatoms. The van der Waals surface area contributed by atoms with Crippen molar-refractivity contribution in [3.8, 4) is 5.75 Å². The van der Waals surface area contributed by atoms with Gasteiger partial charge in [-0.3, -0.25) is 24.6 Å². The number of carbonyl (C=O) groups is 3. The molecule has 4 heterocycles. The van der Waals surface area contributed by atoms with E-state index < -0.39 is 23.7 Å². The largest absolute Gasteiger partial charge is 0.493 e. The van der Waals surface area contributed by atoms with E-state index in [9.17, 15) is 27.6 Å². The number of hydrogen-bond donors (Lipinski definition) is 1. The summed E-state index contributed by atoms with van der Waals surface area (Å²) in [5, 5.41) is 2.32. The van der Waals surface area contributed by atoms with Crippen molar-refractivity contribution >= 4 is 17.7 Å². The van der Waals surface area contributed by atoms with Crippen LogP contribution in [-0.4, -0.2) is 69.3 Å². The Morgan fingerprint density at radius 2 is 1.77 bits per heavy atom. The van der Waals surface area contributed by atoms with Gasteiger partial charge in [-0.05, 0) is 43.0 Å². The lowest BCUT2D eigenvalue weighted by atomic mass is 9.81. The lowest BCUT2D eigenvalue weighted by molar-refractivity contribution is -0.138. The second-order valence-corrected chi connectivity index (χ2v) is 11.1. The van der Waals surface area contributed by atoms with E-state index in [4.69, 9.17) is 4.74 Å². The third-order valence-electron chi connectivity index (χ3n) is 8.57. The Bertz CT molecular complexity index is 1310. The van der Waals surface area contributed by atoms with Crippen molar-refractivity contribution in [2.24, 2.45) is 5.92 Å². The van der Waals surface area contributed by atoms with Gasteiger partial charge >= 0.3 is 6.18 Å². The van der Waals surface area contributed by atoms with E-state index in [-0.39, 0.29) is 24.2 Å². The first-order chi connectivity index (χ1) is 19.2. The molecule has 1 saturated carbocycles. The van der Waals surface area contributed by atoms with E-state index in [0.29, 0.717) is 61.8 Å². The minimum absolute atomic E-state index is 0.0207. The number of aromatic nitrogens is 2. The van der Waals surface area contributed by atoms with Crippen LogP contribution in [0.1, 0.15) is 71.8 Å². The molecule has 6 rings (SSSR count). The van der Waals surface area contributed by atoms with Crippen molar-refractivity contribution in [3.05, 3.63) is 53.1 Å². The first kappa shape index (κ1) is 26.7. The second kappa shape index (κ2) is 10.5. The SMILES string of the molecule is O=C1CCC(N2Cc3cc(OC[C@@H]4CCCC[C@@H]4N4CC(c5ncc(C(F)(F)F)cn5)C4)ccc3C2=O)C(=O)N1. The number of nitrogens with one attached hydrogen (secondary N) is 1. The monoisotopic (exact) mass is 557 g/mol. The highest BCUT2D eigenvalue weighted by atomic mass is 19.4. The molecule has 1 unspecified atom stereocenters. The first-order valence-corrected chi connectivity index (χ1v) is 13.7. The van der Waals surface area contributed by atoms with Gasteiger partial charge in [0.1, 0.15) is 17.6 Å². The molecule has 2 saturated heterocycles. The summed E-state index contributed by atoms with van der Waals surface area (Å²) in [6.45, 7) is 2.24. The quantitative estimate of drug-likeness (QED) is 0.544. The molecule has 1 aromatic heterocycles. The number of hydrogen-bond acceptors (Lipinski definition) is 7. The van der Waals surface area contributed by atoms with Crippen molar-refractivity contribution in [2.75, 3.05) is 19.7 Å². The predicted molar refractivity (Wildman–Crippen MR) is 135 cm³/mol. The predicted octanol–water partition coefficient (Wildman–Crippen LogP) is 3.29. The maximum atomic E-state index is 12.9. The topological polar surface area (TPSA) is 105 Å². The van der Waals surface area contributed by atoms with Gasteiger partial charge in [0, 0.05) is 61.9 Å². The number of amides is 3. The molecule has 9 nitrogen and oxygen atoms in total. The highest BCUT2D eigenvalue weighted by Crippen LogP contribution is 2.37. The molecule has 1 N–H and O–H groups in total. The number of likely N-dealkylation sites (tertiary alicyclic amines) is 1. The van der Waals surface area contributed by atoms with Crippen LogP contribution < -0.4 is 10.1 Å². The number of carbonyl (C=O) groups excluding carboxylic acids is 3. The standard InChI is InChI=1S/C28H30F3N5O4/c29-28(30,31)19-10-32-25(33-11-19)18-12-35(13-18)22-4-2-1-3-16(22)15-40-20-5-6-21-17(9-20)14-36(27(21)39)23-7-8-24(37)34-26(23)38/h5-6,9-11,16,18,22-23H,1-4,7-8,12-15H2,(H,34,37,38)/t16-,22-,23?/m0/s1. The zero-order valence-electron chi connectivity index (χ0n) is 21.8. The van der Waals surface area contributed by atoms with Crippen LogP contribution in [0.15, 0.2) is 30.6 Å². The second-order valence-electron chi connectivity index (χ2n) is 11.1. The maximum absolute atomic E-state index is 12.9. The highest BCUT2D eigenvalue weighted by molar-refractivity contribution is 6.05. The molecule has 3 aliphatic heterocycles. The highest BCUT2D eigenvalue weighted by Gasteiger charge is 2.41. The van der Waals surface area contributed by atoms with Crippen LogP contribution in [0.2, 0.25) is 0 Å². The van der Waals surface area contributed by atoms with Gasteiger partial charge in [0.05, 0.1) is 12.2 Å². The van der Waals surface area contributed by atoms with Crippen molar-refractivity contribution < 1.29 is 32.3 Å². The molecule has 3 amide bonds. The number of nitrogens with zero attached hydrogens (tertiary/aromatic N) is 4. The van der Waals surface area contributed by atoms with E-state index >= 15 is 0 Å². The Kier molecular flexibility index (Phi) is 6.97. The molecule has 1 aliphatic carbocycles. The van der Waals surface area contributed by atoms with Crippen molar-refractivity contribution in [1.82, 2.24) is 25.1 Å². The van der Waals surface area contributed by atoms with Crippen molar-refractivity contribution in [3.63, 3.8) is 0 Å². The number of ether oxygens (including phenoxy) is 1. The van der Waals surface area contributed by atoms with E-state index in [1.54, 1.807) is 12.1 Å². The summed E-state index contributed by atoms with van der Waals surface area (Å²) in [6.07, 6.45) is 2.10. The Hall–Kier alpha value is -3.54. The van der Waals surface area contributed by atoms with Crippen LogP contribution >= 0.6 is 0 Å². The molecule has 212 valence electrons.